The number of nitrogens with one attached hydrogen (secondary N) is 1. The van der Waals surface area contributed by atoms with E-state index in [-0.39, 0.29) is 0 Å². The normalized spacial score (nSPS) is 20.3. The van der Waals surface area contributed by atoms with Crippen LogP contribution in [0.5, 0.6) is 0 Å². The molecule has 0 saturated carbocycles. The van der Waals surface area contributed by atoms with E-state index in [0.717, 1.165) is 12.2 Å². The molecule has 108 valence electrons. The number of hydrogen-bond acceptors (Lipinski definition) is 2. The van der Waals surface area contributed by atoms with E-state index in [0.29, 0.717) is 5.92 Å². The third-order valence-electron chi connectivity index (χ3n) is 2.66. The van der Waals surface area contributed by atoms with Gasteiger partial charge in [0.25, 0.3) is 0 Å². The van der Waals surface area contributed by atoms with Crippen LogP contribution >= 0.6 is 0 Å². The van der Waals surface area contributed by atoms with E-state index in [1.807, 2.05) is 20.8 Å². The maximum Gasteiger partial charge on any atom is 0.0329 e. The van der Waals surface area contributed by atoms with Crippen molar-refractivity contribution in [3.8, 4) is 0 Å². The van der Waals surface area contributed by atoms with Gasteiger partial charge in [0.05, 0.1) is 0 Å². The quantitative estimate of drug-likeness (QED) is 0.702. The fraction of sp³-hybridized carbons (Fsp3) is 0.812. The van der Waals surface area contributed by atoms with Gasteiger partial charge in [-0.2, -0.15) is 0 Å². The summed E-state index contributed by atoms with van der Waals surface area (Å²) in [6.07, 6.45) is 5.88. The van der Waals surface area contributed by atoms with Crippen molar-refractivity contribution >= 4 is 5.71 Å². The largest absolute Gasteiger partial charge is 0.316 e. The summed E-state index contributed by atoms with van der Waals surface area (Å²) in [6, 6.07) is 0. The van der Waals surface area contributed by atoms with Crippen molar-refractivity contribution in [3.05, 3.63) is 11.8 Å². The molecule has 0 aliphatic carbocycles. The highest BCUT2D eigenvalue weighted by atomic mass is 14.9. The van der Waals surface area contributed by atoms with E-state index in [4.69, 9.17) is 0 Å². The monoisotopic (exact) mass is 254 g/mol. The van der Waals surface area contributed by atoms with Crippen LogP contribution in [-0.4, -0.2) is 18.8 Å². The molecule has 0 aromatic rings. The molecule has 1 saturated heterocycles. The zero-order valence-electron chi connectivity index (χ0n) is 13.6. The molecular formula is C16H34N2. The molecule has 1 aliphatic heterocycles. The summed E-state index contributed by atoms with van der Waals surface area (Å²) in [5.74, 6) is 0.656. The Morgan fingerprint density at radius 2 is 1.83 bits per heavy atom. The van der Waals surface area contributed by atoms with E-state index in [2.05, 4.69) is 44.1 Å². The van der Waals surface area contributed by atoms with Crippen LogP contribution in [0.1, 0.15) is 67.7 Å². The number of aliphatic imine (C=N–C) groups is 1. The van der Waals surface area contributed by atoms with Gasteiger partial charge in [0.2, 0.25) is 0 Å². The molecule has 2 nitrogen and oxygen atoms in total. The number of hydrogen-bond donors (Lipinski definition) is 1. The Labute approximate surface area is 115 Å². The second kappa shape index (κ2) is 14.4. The molecule has 1 fully saturated rings. The van der Waals surface area contributed by atoms with Crippen molar-refractivity contribution in [2.75, 3.05) is 13.1 Å². The van der Waals surface area contributed by atoms with Gasteiger partial charge < -0.3 is 5.32 Å². The molecule has 0 bridgehead atoms. The zero-order chi connectivity index (χ0) is 14.4. The molecule has 1 heterocycles. The van der Waals surface area contributed by atoms with Crippen LogP contribution in [-0.2, 0) is 0 Å². The van der Waals surface area contributed by atoms with Gasteiger partial charge in [-0.05, 0) is 40.2 Å². The Bertz CT molecular complexity index is 223. The number of rotatable bonds is 2. The lowest BCUT2D eigenvalue weighted by molar-refractivity contribution is 0.457. The predicted molar refractivity (Wildman–Crippen MR) is 85.4 cm³/mol. The van der Waals surface area contributed by atoms with Gasteiger partial charge in [0.1, 0.15) is 0 Å². The van der Waals surface area contributed by atoms with E-state index < -0.39 is 0 Å². The molecule has 1 rings (SSSR count). The van der Waals surface area contributed by atoms with Crippen LogP contribution in [0.2, 0.25) is 0 Å². The third-order valence-corrected chi connectivity index (χ3v) is 2.66. The van der Waals surface area contributed by atoms with E-state index >= 15 is 0 Å². The Hall–Kier alpha value is -0.630. The van der Waals surface area contributed by atoms with Gasteiger partial charge in [-0.3, -0.25) is 4.99 Å². The van der Waals surface area contributed by atoms with Gasteiger partial charge in [0, 0.05) is 23.9 Å². The summed E-state index contributed by atoms with van der Waals surface area (Å²) in [6.45, 7) is 16.8. The molecule has 18 heavy (non-hydrogen) atoms. The first kappa shape index (κ1) is 19.7. The van der Waals surface area contributed by atoms with Crippen molar-refractivity contribution in [1.82, 2.24) is 5.32 Å². The van der Waals surface area contributed by atoms with Gasteiger partial charge in [-0.25, -0.2) is 0 Å². The highest BCUT2D eigenvalue weighted by Gasteiger charge is 2.15. The molecule has 1 unspecified atom stereocenters. The molecule has 0 amide bonds. The fourth-order valence-electron chi connectivity index (χ4n) is 1.64. The summed E-state index contributed by atoms with van der Waals surface area (Å²) in [5.41, 5.74) is 2.41. The Kier molecular flexibility index (Phi) is 15.8. The van der Waals surface area contributed by atoms with E-state index in [1.54, 1.807) is 0 Å². The predicted octanol–water partition coefficient (Wildman–Crippen LogP) is 4.81. The smallest absolute Gasteiger partial charge is 0.0329 e. The molecule has 2 heteroatoms. The number of nitrogens with zero attached hydrogens (tertiary/aromatic N) is 1. The van der Waals surface area contributed by atoms with Crippen LogP contribution in [0.4, 0.5) is 0 Å². The maximum atomic E-state index is 4.56. The lowest BCUT2D eigenvalue weighted by Crippen LogP contribution is -2.33. The second-order valence-electron chi connectivity index (χ2n) is 4.43. The van der Waals surface area contributed by atoms with Gasteiger partial charge >= 0.3 is 0 Å². The van der Waals surface area contributed by atoms with E-state index in [1.165, 1.54) is 31.5 Å². The second-order valence-corrected chi connectivity index (χ2v) is 4.43. The first-order chi connectivity index (χ1) is 8.65. The third kappa shape index (κ3) is 10.5. The summed E-state index contributed by atoms with van der Waals surface area (Å²) in [4.78, 5) is 4.56. The SMILES string of the molecule is C/C=C(/C)N=C(C)C1CCCNC1.CC.CCC. The molecular weight excluding hydrogens is 220 g/mol. The molecule has 1 N–H and O–H groups in total. The van der Waals surface area contributed by atoms with E-state index in [9.17, 15) is 0 Å². The topological polar surface area (TPSA) is 24.4 Å². The van der Waals surface area contributed by atoms with Crippen molar-refractivity contribution in [2.24, 2.45) is 10.9 Å². The highest BCUT2D eigenvalue weighted by molar-refractivity contribution is 5.85. The number of piperidine rings is 1. The Morgan fingerprint density at radius 3 is 2.22 bits per heavy atom. The fourth-order valence-corrected chi connectivity index (χ4v) is 1.64. The molecule has 0 spiro atoms. The first-order valence-corrected chi connectivity index (χ1v) is 7.54. The minimum atomic E-state index is 0.656. The minimum absolute atomic E-state index is 0.656. The molecule has 1 atom stereocenters. The standard InChI is InChI=1S/C11H20N2.C3H8.C2H6/c1-4-9(2)13-10(3)11-6-5-7-12-8-11;1-3-2;1-2/h4,11-12H,5-8H2,1-3H3;3H2,1-2H3;1-2H3/b9-4-,13-10?;;. The van der Waals surface area contributed by atoms with Gasteiger partial charge in [-0.1, -0.05) is 40.2 Å². The molecule has 0 radical (unpaired) electrons. The van der Waals surface area contributed by atoms with Crippen molar-refractivity contribution < 1.29 is 0 Å². The zero-order valence-corrected chi connectivity index (χ0v) is 13.6. The summed E-state index contributed by atoms with van der Waals surface area (Å²) in [7, 11) is 0. The average molecular weight is 254 g/mol. The average Bonchev–Trinajstić information content (AvgIpc) is 2.42. The molecule has 1 aliphatic rings. The lowest BCUT2D eigenvalue weighted by Gasteiger charge is -2.22. The van der Waals surface area contributed by atoms with Gasteiger partial charge in [-0.15, -0.1) is 0 Å². The molecule has 0 aromatic heterocycles. The molecule has 0 aromatic carbocycles. The highest BCUT2D eigenvalue weighted by Crippen LogP contribution is 2.13. The number of allylic oxidation sites excluding steroid dienone is 2. The maximum absolute atomic E-state index is 4.56. The minimum Gasteiger partial charge on any atom is -0.316 e. The van der Waals surface area contributed by atoms with Crippen molar-refractivity contribution in [2.45, 2.75) is 67.7 Å². The van der Waals surface area contributed by atoms with Crippen LogP contribution in [0.25, 0.3) is 0 Å². The van der Waals surface area contributed by atoms with Crippen LogP contribution < -0.4 is 5.32 Å². The van der Waals surface area contributed by atoms with Crippen LogP contribution in [0.15, 0.2) is 16.8 Å². The van der Waals surface area contributed by atoms with Gasteiger partial charge in [0.15, 0.2) is 0 Å². The van der Waals surface area contributed by atoms with Crippen molar-refractivity contribution in [3.63, 3.8) is 0 Å². The summed E-state index contributed by atoms with van der Waals surface area (Å²) >= 11 is 0. The van der Waals surface area contributed by atoms with Crippen LogP contribution in [0.3, 0.4) is 0 Å². The summed E-state index contributed by atoms with van der Waals surface area (Å²) in [5, 5.41) is 3.41. The Balaban J connectivity index is 0. The Morgan fingerprint density at radius 1 is 1.28 bits per heavy atom. The summed E-state index contributed by atoms with van der Waals surface area (Å²) < 4.78 is 0. The van der Waals surface area contributed by atoms with Crippen molar-refractivity contribution in [1.29, 1.82) is 0 Å². The lowest BCUT2D eigenvalue weighted by atomic mass is 9.95. The van der Waals surface area contributed by atoms with Crippen LogP contribution in [0, 0.1) is 5.92 Å². The first-order valence-electron chi connectivity index (χ1n) is 7.54.